The number of nitrogens with zero attached hydrogens (tertiary/aromatic N) is 2. The van der Waals surface area contributed by atoms with Crippen molar-refractivity contribution in [1.29, 1.82) is 0 Å². The molecule has 0 radical (unpaired) electrons. The monoisotopic (exact) mass is 333 g/mol. The number of hydrogen-bond donors (Lipinski definition) is 1. The summed E-state index contributed by atoms with van der Waals surface area (Å²) in [7, 11) is 0. The molecule has 1 aromatic heterocycles. The smallest absolute Gasteiger partial charge is 0.376 e. The van der Waals surface area contributed by atoms with Crippen LogP contribution in [0.2, 0.25) is 0 Å². The molecule has 1 aliphatic rings. The van der Waals surface area contributed by atoms with E-state index in [-0.39, 0.29) is 36.6 Å². The van der Waals surface area contributed by atoms with Gasteiger partial charge in [0.1, 0.15) is 0 Å². The number of rotatable bonds is 4. The van der Waals surface area contributed by atoms with Crippen LogP contribution in [0.25, 0.3) is 0 Å². The molecule has 1 aromatic rings. The van der Waals surface area contributed by atoms with E-state index in [2.05, 4.69) is 10.4 Å². The summed E-state index contributed by atoms with van der Waals surface area (Å²) >= 11 is 0. The second kappa shape index (κ2) is 6.51. The highest BCUT2D eigenvalue weighted by Crippen LogP contribution is 2.34. The number of nitrogens with one attached hydrogen (secondary N) is 1. The molecule has 0 saturated heterocycles. The van der Waals surface area contributed by atoms with Crippen LogP contribution >= 0.6 is 0 Å². The van der Waals surface area contributed by atoms with Crippen LogP contribution in [0.3, 0.4) is 0 Å². The third-order valence-corrected chi connectivity index (χ3v) is 3.50. The third-order valence-electron chi connectivity index (χ3n) is 3.50. The predicted octanol–water partition coefficient (Wildman–Crippen LogP) is 2.53. The minimum Gasteiger partial charge on any atom is -0.376 e. The Kier molecular flexibility index (Phi) is 5.03. The number of hydrogen-bond acceptors (Lipinski definition) is 3. The molecule has 0 spiro atoms. The molecule has 0 fully saturated rings. The van der Waals surface area contributed by atoms with Gasteiger partial charge in [0.25, 0.3) is 0 Å². The molecule has 2 heterocycles. The van der Waals surface area contributed by atoms with Gasteiger partial charge in [-0.05, 0) is 5.41 Å². The molecule has 1 N–H and O–H groups in total. The summed E-state index contributed by atoms with van der Waals surface area (Å²) in [5, 5.41) is 6.43. The maximum Gasteiger partial charge on any atom is 0.435 e. The van der Waals surface area contributed by atoms with E-state index in [4.69, 9.17) is 4.74 Å². The first-order chi connectivity index (χ1) is 10.6. The van der Waals surface area contributed by atoms with E-state index in [0.29, 0.717) is 25.1 Å². The van der Waals surface area contributed by atoms with Gasteiger partial charge < -0.3 is 10.1 Å². The molecule has 0 bridgehead atoms. The quantitative estimate of drug-likeness (QED) is 0.921. The average Bonchev–Trinajstić information content (AvgIpc) is 2.76. The number of alkyl halides is 3. The topological polar surface area (TPSA) is 56.2 Å². The lowest BCUT2D eigenvalue weighted by Gasteiger charge is -2.18. The van der Waals surface area contributed by atoms with Crippen LogP contribution in [-0.2, 0) is 35.3 Å². The summed E-state index contributed by atoms with van der Waals surface area (Å²) in [5.41, 5.74) is -0.345. The van der Waals surface area contributed by atoms with Crippen molar-refractivity contribution in [3.63, 3.8) is 0 Å². The molecular weight excluding hydrogens is 311 g/mol. The minimum absolute atomic E-state index is 0.0689. The van der Waals surface area contributed by atoms with E-state index in [1.54, 1.807) is 0 Å². The first-order valence-electron chi connectivity index (χ1n) is 7.58. The Hall–Kier alpha value is -1.57. The Morgan fingerprint density at radius 3 is 2.65 bits per heavy atom. The fourth-order valence-electron chi connectivity index (χ4n) is 2.57. The molecule has 1 aliphatic heterocycles. The van der Waals surface area contributed by atoms with Crippen LogP contribution in [0.5, 0.6) is 0 Å². The number of fused-ring (bicyclic) bond motifs is 1. The molecule has 130 valence electrons. The maximum absolute atomic E-state index is 13.0. The summed E-state index contributed by atoms with van der Waals surface area (Å²) in [5.74, 6) is -0.113. The average molecular weight is 333 g/mol. The molecule has 1 amide bonds. The van der Waals surface area contributed by atoms with Gasteiger partial charge in [0.2, 0.25) is 5.91 Å². The van der Waals surface area contributed by atoms with Gasteiger partial charge in [-0.1, -0.05) is 20.8 Å². The lowest BCUT2D eigenvalue weighted by molar-refractivity contribution is -0.142. The van der Waals surface area contributed by atoms with Gasteiger partial charge in [-0.2, -0.15) is 18.3 Å². The summed E-state index contributed by atoms with van der Waals surface area (Å²) in [6, 6.07) is 0. The van der Waals surface area contributed by atoms with Gasteiger partial charge in [-0.15, -0.1) is 0 Å². The zero-order valence-electron chi connectivity index (χ0n) is 13.6. The lowest BCUT2D eigenvalue weighted by Crippen LogP contribution is -2.31. The SMILES string of the molecule is CC(C)(C)CC(=O)NCCn1nc(C(F)(F)F)c2c1CCOC2. The van der Waals surface area contributed by atoms with Crippen LogP contribution in [0.4, 0.5) is 13.2 Å². The first kappa shape index (κ1) is 17.8. The summed E-state index contributed by atoms with van der Waals surface area (Å²) < 4.78 is 45.5. The Bertz CT molecular complexity index is 574. The molecule has 0 unspecified atom stereocenters. The highest BCUT2D eigenvalue weighted by atomic mass is 19.4. The molecule has 0 saturated carbocycles. The van der Waals surface area contributed by atoms with Crippen molar-refractivity contribution in [1.82, 2.24) is 15.1 Å². The van der Waals surface area contributed by atoms with E-state index < -0.39 is 11.9 Å². The van der Waals surface area contributed by atoms with Gasteiger partial charge in [-0.25, -0.2) is 0 Å². The number of amides is 1. The minimum atomic E-state index is -4.49. The van der Waals surface area contributed by atoms with Crippen molar-refractivity contribution >= 4 is 5.91 Å². The molecule has 8 heteroatoms. The molecule has 2 rings (SSSR count). The second-order valence-corrected chi connectivity index (χ2v) is 6.88. The van der Waals surface area contributed by atoms with Crippen LogP contribution in [0.1, 0.15) is 44.1 Å². The molecule has 0 aliphatic carbocycles. The van der Waals surface area contributed by atoms with Crippen molar-refractivity contribution in [2.24, 2.45) is 5.41 Å². The molecule has 5 nitrogen and oxygen atoms in total. The standard InChI is InChI=1S/C15H22F3N3O2/c1-14(2,3)8-12(22)19-5-6-21-11-4-7-23-9-10(11)13(20-21)15(16,17)18/h4-9H2,1-3H3,(H,19,22). The van der Waals surface area contributed by atoms with Gasteiger partial charge in [0, 0.05) is 30.6 Å². The van der Waals surface area contributed by atoms with Crippen molar-refractivity contribution in [2.75, 3.05) is 13.2 Å². The first-order valence-corrected chi connectivity index (χ1v) is 7.58. The summed E-state index contributed by atoms with van der Waals surface area (Å²) in [6.45, 7) is 6.63. The number of carbonyl (C=O) groups excluding carboxylic acids is 1. The van der Waals surface area contributed by atoms with Gasteiger partial charge in [0.15, 0.2) is 5.69 Å². The van der Waals surface area contributed by atoms with E-state index in [1.807, 2.05) is 20.8 Å². The Labute approximate surface area is 133 Å². The zero-order valence-corrected chi connectivity index (χ0v) is 13.6. The van der Waals surface area contributed by atoms with E-state index in [1.165, 1.54) is 4.68 Å². The second-order valence-electron chi connectivity index (χ2n) is 6.88. The van der Waals surface area contributed by atoms with Crippen LogP contribution < -0.4 is 5.32 Å². The normalized spacial score (nSPS) is 15.4. The van der Waals surface area contributed by atoms with Gasteiger partial charge in [0.05, 0.1) is 19.8 Å². The largest absolute Gasteiger partial charge is 0.435 e. The van der Waals surface area contributed by atoms with Crippen molar-refractivity contribution < 1.29 is 22.7 Å². The Balaban J connectivity index is 2.03. The number of ether oxygens (including phenoxy) is 1. The van der Waals surface area contributed by atoms with E-state index in [0.717, 1.165) is 0 Å². The predicted molar refractivity (Wildman–Crippen MR) is 77.7 cm³/mol. The van der Waals surface area contributed by atoms with Gasteiger partial charge in [-0.3, -0.25) is 9.48 Å². The zero-order chi connectivity index (χ0) is 17.3. The van der Waals surface area contributed by atoms with Crippen LogP contribution in [0, 0.1) is 5.41 Å². The number of carbonyl (C=O) groups is 1. The molecule has 23 heavy (non-hydrogen) atoms. The fourth-order valence-corrected chi connectivity index (χ4v) is 2.57. The van der Waals surface area contributed by atoms with Crippen molar-refractivity contribution in [2.45, 2.75) is 52.9 Å². The summed E-state index contributed by atoms with van der Waals surface area (Å²) in [4.78, 5) is 11.8. The highest BCUT2D eigenvalue weighted by Gasteiger charge is 2.39. The van der Waals surface area contributed by atoms with Crippen LogP contribution in [-0.4, -0.2) is 28.8 Å². The van der Waals surface area contributed by atoms with Crippen LogP contribution in [0.15, 0.2) is 0 Å². The molecule has 0 aromatic carbocycles. The van der Waals surface area contributed by atoms with Gasteiger partial charge >= 0.3 is 6.18 Å². The number of halogens is 3. The maximum atomic E-state index is 13.0. The molecular formula is C15H22F3N3O2. The van der Waals surface area contributed by atoms with Crippen molar-refractivity contribution in [3.8, 4) is 0 Å². The van der Waals surface area contributed by atoms with E-state index in [9.17, 15) is 18.0 Å². The van der Waals surface area contributed by atoms with E-state index >= 15 is 0 Å². The third kappa shape index (κ3) is 4.70. The molecule has 0 atom stereocenters. The highest BCUT2D eigenvalue weighted by molar-refractivity contribution is 5.76. The Morgan fingerprint density at radius 1 is 1.35 bits per heavy atom. The lowest BCUT2D eigenvalue weighted by atomic mass is 9.92. The fraction of sp³-hybridized carbons (Fsp3) is 0.733. The number of aromatic nitrogens is 2. The van der Waals surface area contributed by atoms with Crippen molar-refractivity contribution in [3.05, 3.63) is 17.0 Å². The summed E-state index contributed by atoms with van der Waals surface area (Å²) in [6.07, 6.45) is -3.73. The Morgan fingerprint density at radius 2 is 2.04 bits per heavy atom.